The minimum atomic E-state index is -1.77. The quantitative estimate of drug-likeness (QED) is 0.243. The second-order valence-electron chi connectivity index (χ2n) is 7.87. The van der Waals surface area contributed by atoms with Crippen molar-refractivity contribution in [2.45, 2.75) is 11.5 Å². The highest BCUT2D eigenvalue weighted by molar-refractivity contribution is 6.08. The maximum absolute atomic E-state index is 13.5. The molecule has 0 N–H and O–H groups in total. The molecule has 1 aliphatic heterocycles. The lowest BCUT2D eigenvalue weighted by Crippen LogP contribution is -2.57. The number of nitro groups is 1. The van der Waals surface area contributed by atoms with Crippen molar-refractivity contribution in [1.29, 1.82) is 0 Å². The van der Waals surface area contributed by atoms with Crippen LogP contribution in [0.25, 0.3) is 0 Å². The minimum absolute atomic E-state index is 0.0751. The first kappa shape index (κ1) is 18.7. The van der Waals surface area contributed by atoms with Crippen molar-refractivity contribution in [3.8, 4) is 0 Å². The van der Waals surface area contributed by atoms with Gasteiger partial charge in [-0.15, -0.1) is 6.58 Å². The molecule has 2 bridgehead atoms. The van der Waals surface area contributed by atoms with Crippen molar-refractivity contribution in [2.75, 3.05) is 19.8 Å². The van der Waals surface area contributed by atoms with Crippen LogP contribution in [0.2, 0.25) is 0 Å². The molecule has 7 heteroatoms. The summed E-state index contributed by atoms with van der Waals surface area (Å²) in [6.07, 6.45) is 1.59. The van der Waals surface area contributed by atoms with Crippen LogP contribution in [0.15, 0.2) is 61.2 Å². The number of imide groups is 1. The van der Waals surface area contributed by atoms with E-state index in [1.54, 1.807) is 30.3 Å². The van der Waals surface area contributed by atoms with Gasteiger partial charge in [0.15, 0.2) is 0 Å². The standard InChI is InChI=1S/C23H20N2O5/c1-2-12-30-13-11-24-21(26)19-18-14-7-3-5-9-16(14)23(25(28)29,20(19)22(24)27)17-10-6-4-8-15(17)18/h2-10,18-20H,1,11-13H2. The molecule has 1 saturated heterocycles. The summed E-state index contributed by atoms with van der Waals surface area (Å²) in [5.74, 6) is -3.06. The van der Waals surface area contributed by atoms with Gasteiger partial charge in [0.25, 0.3) is 5.54 Å². The lowest BCUT2D eigenvalue weighted by Gasteiger charge is -2.48. The Morgan fingerprint density at radius 3 is 2.23 bits per heavy atom. The van der Waals surface area contributed by atoms with Crippen LogP contribution in [0.1, 0.15) is 28.2 Å². The van der Waals surface area contributed by atoms with Crippen LogP contribution in [0, 0.1) is 22.0 Å². The highest BCUT2D eigenvalue weighted by Crippen LogP contribution is 2.64. The molecular weight excluding hydrogens is 384 g/mol. The summed E-state index contributed by atoms with van der Waals surface area (Å²) in [4.78, 5) is 40.4. The largest absolute Gasteiger partial charge is 0.376 e. The number of rotatable bonds is 6. The van der Waals surface area contributed by atoms with E-state index in [0.29, 0.717) is 17.7 Å². The third kappa shape index (κ3) is 2.13. The smallest absolute Gasteiger partial charge is 0.284 e. The molecule has 7 nitrogen and oxygen atoms in total. The van der Waals surface area contributed by atoms with Crippen molar-refractivity contribution < 1.29 is 19.2 Å². The Bertz CT molecular complexity index is 1050. The fraction of sp³-hybridized carbons (Fsp3) is 0.304. The van der Waals surface area contributed by atoms with E-state index in [1.807, 2.05) is 24.3 Å². The molecule has 1 heterocycles. The van der Waals surface area contributed by atoms with E-state index in [4.69, 9.17) is 4.74 Å². The number of hydrogen-bond donors (Lipinski definition) is 0. The van der Waals surface area contributed by atoms with Crippen molar-refractivity contribution in [3.05, 3.63) is 93.6 Å². The maximum Gasteiger partial charge on any atom is 0.284 e. The zero-order valence-corrected chi connectivity index (χ0v) is 16.2. The molecule has 30 heavy (non-hydrogen) atoms. The van der Waals surface area contributed by atoms with E-state index in [2.05, 4.69) is 6.58 Å². The van der Waals surface area contributed by atoms with Crippen molar-refractivity contribution >= 4 is 11.8 Å². The highest BCUT2D eigenvalue weighted by atomic mass is 16.6. The van der Waals surface area contributed by atoms with Gasteiger partial charge in [-0.1, -0.05) is 54.6 Å². The van der Waals surface area contributed by atoms with Gasteiger partial charge >= 0.3 is 0 Å². The Morgan fingerprint density at radius 2 is 1.67 bits per heavy atom. The van der Waals surface area contributed by atoms with Gasteiger partial charge in [-0.05, 0) is 11.1 Å². The van der Waals surface area contributed by atoms with Crippen LogP contribution in [-0.2, 0) is 19.9 Å². The van der Waals surface area contributed by atoms with Crippen LogP contribution in [0.5, 0.6) is 0 Å². The lowest BCUT2D eigenvalue weighted by molar-refractivity contribution is -0.578. The predicted octanol–water partition coefficient (Wildman–Crippen LogP) is 2.47. The predicted molar refractivity (Wildman–Crippen MR) is 107 cm³/mol. The van der Waals surface area contributed by atoms with Crippen LogP contribution >= 0.6 is 0 Å². The second-order valence-corrected chi connectivity index (χ2v) is 7.87. The number of nitrogens with zero attached hydrogens (tertiary/aromatic N) is 2. The third-order valence-electron chi connectivity index (χ3n) is 6.65. The summed E-state index contributed by atoms with van der Waals surface area (Å²) < 4.78 is 5.36. The lowest BCUT2D eigenvalue weighted by atomic mass is 9.51. The van der Waals surface area contributed by atoms with Gasteiger partial charge in [0.2, 0.25) is 11.8 Å². The van der Waals surface area contributed by atoms with Gasteiger partial charge < -0.3 is 4.74 Å². The fourth-order valence-corrected chi connectivity index (χ4v) is 5.64. The molecule has 2 amide bonds. The van der Waals surface area contributed by atoms with E-state index < -0.39 is 23.3 Å². The molecule has 3 aliphatic carbocycles. The Morgan fingerprint density at radius 1 is 1.07 bits per heavy atom. The van der Waals surface area contributed by atoms with Gasteiger partial charge in [0, 0.05) is 22.0 Å². The van der Waals surface area contributed by atoms with E-state index >= 15 is 0 Å². The Hall–Kier alpha value is -3.32. The number of hydrogen-bond acceptors (Lipinski definition) is 5. The van der Waals surface area contributed by atoms with Crippen LogP contribution in [-0.4, -0.2) is 41.4 Å². The van der Waals surface area contributed by atoms with Crippen molar-refractivity contribution in [3.63, 3.8) is 0 Å². The number of amides is 2. The molecule has 2 unspecified atom stereocenters. The summed E-state index contributed by atoms with van der Waals surface area (Å²) >= 11 is 0. The third-order valence-corrected chi connectivity index (χ3v) is 6.65. The zero-order chi connectivity index (χ0) is 21.0. The van der Waals surface area contributed by atoms with Gasteiger partial charge in [0.1, 0.15) is 5.92 Å². The SMILES string of the molecule is C=CCOCCN1C(=O)C2C3c4ccccc4C([N+](=O)[O-])(c4ccccc43)C2C1=O. The first-order valence-electron chi connectivity index (χ1n) is 9.92. The first-order chi connectivity index (χ1) is 14.5. The normalized spacial score (nSPS) is 28.1. The monoisotopic (exact) mass is 404 g/mol. The molecule has 152 valence electrons. The summed E-state index contributed by atoms with van der Waals surface area (Å²) in [5.41, 5.74) is 0.799. The molecule has 4 aliphatic rings. The Balaban J connectivity index is 1.70. The topological polar surface area (TPSA) is 89.8 Å². The average Bonchev–Trinajstić information content (AvgIpc) is 3.02. The maximum atomic E-state index is 13.5. The molecular formula is C23H20N2O5. The zero-order valence-electron chi connectivity index (χ0n) is 16.2. The Labute approximate surface area is 173 Å². The summed E-state index contributed by atoms with van der Waals surface area (Å²) in [6, 6.07) is 14.3. The van der Waals surface area contributed by atoms with Crippen molar-refractivity contribution in [2.24, 2.45) is 11.8 Å². The van der Waals surface area contributed by atoms with Crippen LogP contribution in [0.4, 0.5) is 0 Å². The van der Waals surface area contributed by atoms with E-state index in [0.717, 1.165) is 16.0 Å². The number of benzene rings is 2. The molecule has 6 rings (SSSR count). The van der Waals surface area contributed by atoms with Crippen LogP contribution in [0.3, 0.4) is 0 Å². The summed E-state index contributed by atoms with van der Waals surface area (Å²) in [7, 11) is 0. The molecule has 0 aromatic heterocycles. The number of carbonyl (C=O) groups excluding carboxylic acids is 2. The molecule has 2 atom stereocenters. The number of likely N-dealkylation sites (tertiary alicyclic amines) is 1. The number of ether oxygens (including phenoxy) is 1. The molecule has 2 aromatic rings. The van der Waals surface area contributed by atoms with Gasteiger partial charge in [-0.2, -0.15) is 0 Å². The van der Waals surface area contributed by atoms with E-state index in [9.17, 15) is 19.7 Å². The molecule has 0 spiro atoms. The van der Waals surface area contributed by atoms with Crippen molar-refractivity contribution in [1.82, 2.24) is 4.90 Å². The summed E-state index contributed by atoms with van der Waals surface area (Å²) in [6.45, 7) is 4.12. The second kappa shape index (κ2) is 6.60. The average molecular weight is 404 g/mol. The van der Waals surface area contributed by atoms with Gasteiger partial charge in [-0.3, -0.25) is 24.6 Å². The first-order valence-corrected chi connectivity index (χ1v) is 9.92. The van der Waals surface area contributed by atoms with E-state index in [-0.39, 0.29) is 29.9 Å². The minimum Gasteiger partial charge on any atom is -0.376 e. The van der Waals surface area contributed by atoms with E-state index in [1.165, 1.54) is 0 Å². The summed E-state index contributed by atoms with van der Waals surface area (Å²) in [5, 5.41) is 12.7. The highest BCUT2D eigenvalue weighted by Gasteiger charge is 2.74. The molecule has 2 aromatic carbocycles. The molecule has 0 saturated carbocycles. The van der Waals surface area contributed by atoms with Crippen LogP contribution < -0.4 is 0 Å². The van der Waals surface area contributed by atoms with Gasteiger partial charge in [-0.25, -0.2) is 0 Å². The van der Waals surface area contributed by atoms with Gasteiger partial charge in [0.05, 0.1) is 25.7 Å². The number of carbonyl (C=O) groups is 2. The fourth-order valence-electron chi connectivity index (χ4n) is 5.64. The molecule has 0 radical (unpaired) electrons. The Kier molecular flexibility index (Phi) is 4.11. The molecule has 1 fully saturated rings.